The van der Waals surface area contributed by atoms with E-state index in [1.54, 1.807) is 47.4 Å². The van der Waals surface area contributed by atoms with Crippen LogP contribution in [0.4, 0.5) is 11.4 Å². The number of ether oxygens (including phenoxy) is 1. The van der Waals surface area contributed by atoms with Crippen LogP contribution < -0.4 is 15.8 Å². The highest BCUT2D eigenvalue weighted by molar-refractivity contribution is 6.31. The van der Waals surface area contributed by atoms with Crippen LogP contribution in [0, 0.1) is 0 Å². The molecule has 0 radical (unpaired) electrons. The van der Waals surface area contributed by atoms with Gasteiger partial charge in [0.05, 0.1) is 30.5 Å². The van der Waals surface area contributed by atoms with Gasteiger partial charge in [-0.05, 0) is 48.0 Å². The summed E-state index contributed by atoms with van der Waals surface area (Å²) in [6.45, 7) is 0.952. The third-order valence-corrected chi connectivity index (χ3v) is 7.53. The fourth-order valence-corrected chi connectivity index (χ4v) is 5.26. The van der Waals surface area contributed by atoms with Gasteiger partial charge in [-0.1, -0.05) is 58.7 Å². The van der Waals surface area contributed by atoms with Crippen LogP contribution in [-0.4, -0.2) is 56.1 Å². The van der Waals surface area contributed by atoms with Gasteiger partial charge in [-0.2, -0.15) is 0 Å². The Morgan fingerprint density at radius 3 is 2.50 bits per heavy atom. The van der Waals surface area contributed by atoms with E-state index < -0.39 is 17.5 Å². The summed E-state index contributed by atoms with van der Waals surface area (Å²) in [7, 11) is 0. The number of anilines is 2. The van der Waals surface area contributed by atoms with Crippen molar-refractivity contribution in [3.8, 4) is 16.9 Å². The number of carbonyl (C=O) groups is 2. The molecule has 5 aromatic rings. The van der Waals surface area contributed by atoms with Crippen LogP contribution in [0.2, 0.25) is 10.2 Å². The second-order valence-corrected chi connectivity index (χ2v) is 10.8. The highest BCUT2D eigenvalue weighted by Gasteiger charge is 2.24. The Balaban J connectivity index is 1.30. The predicted octanol–water partition coefficient (Wildman–Crippen LogP) is 4.58. The van der Waals surface area contributed by atoms with Gasteiger partial charge in [0.25, 0.3) is 11.5 Å². The van der Waals surface area contributed by atoms with E-state index in [-0.39, 0.29) is 24.1 Å². The molecule has 1 saturated heterocycles. The monoisotopic (exact) mass is 629 g/mol. The first-order chi connectivity index (χ1) is 21.4. The predicted molar refractivity (Wildman–Crippen MR) is 166 cm³/mol. The van der Waals surface area contributed by atoms with Gasteiger partial charge in [-0.3, -0.25) is 19.0 Å². The van der Waals surface area contributed by atoms with Gasteiger partial charge < -0.3 is 15.0 Å². The number of morpholine rings is 1. The van der Waals surface area contributed by atoms with Crippen LogP contribution in [0.3, 0.4) is 0 Å². The minimum absolute atomic E-state index is 0.0364. The third-order valence-electron chi connectivity index (χ3n) is 7.13. The average molecular weight is 630 g/mol. The van der Waals surface area contributed by atoms with Gasteiger partial charge in [-0.15, -0.1) is 5.10 Å². The van der Waals surface area contributed by atoms with Gasteiger partial charge in [0.1, 0.15) is 12.6 Å². The molecule has 6 rings (SSSR count). The first-order valence-electron chi connectivity index (χ1n) is 13.6. The number of hydrogen-bond donors (Lipinski definition) is 1. The van der Waals surface area contributed by atoms with Crippen molar-refractivity contribution in [1.29, 1.82) is 0 Å². The standard InChI is InChI=1S/C31H25Cl2N7O4/c32-21-6-11-26(40-17-28(33)36-37-40)24(15-21)25-16-29(41)39(19-34-25)27(14-20-4-2-1-3-5-20)31(43)35-22-7-9-23(10-8-22)38-12-13-44-18-30(38)42/h1-11,15-17,19,27H,12-14,18H2,(H,35,43). The smallest absolute Gasteiger partial charge is 0.254 e. The number of benzene rings is 3. The molecule has 0 bridgehead atoms. The molecule has 0 aliphatic carbocycles. The Labute approximate surface area is 261 Å². The molecule has 3 heterocycles. The molecular weight excluding hydrogens is 605 g/mol. The number of nitrogens with zero attached hydrogens (tertiary/aromatic N) is 6. The van der Waals surface area contributed by atoms with Crippen LogP contribution in [0.15, 0.2) is 96.2 Å². The third kappa shape index (κ3) is 6.40. The van der Waals surface area contributed by atoms with E-state index in [1.165, 1.54) is 27.8 Å². The normalized spacial score (nSPS) is 14.0. The molecule has 13 heteroatoms. The van der Waals surface area contributed by atoms with Crippen molar-refractivity contribution >= 4 is 46.4 Å². The van der Waals surface area contributed by atoms with Gasteiger partial charge >= 0.3 is 0 Å². The van der Waals surface area contributed by atoms with E-state index in [0.29, 0.717) is 46.5 Å². The van der Waals surface area contributed by atoms with E-state index in [1.807, 2.05) is 30.3 Å². The van der Waals surface area contributed by atoms with Crippen molar-refractivity contribution in [3.63, 3.8) is 0 Å². The summed E-state index contributed by atoms with van der Waals surface area (Å²) in [5, 5.41) is 11.4. The van der Waals surface area contributed by atoms with Crippen molar-refractivity contribution in [2.45, 2.75) is 12.5 Å². The Bertz CT molecular complexity index is 1880. The molecule has 11 nitrogen and oxygen atoms in total. The summed E-state index contributed by atoms with van der Waals surface area (Å²) in [6.07, 6.45) is 3.13. The van der Waals surface area contributed by atoms with Gasteiger partial charge in [0.15, 0.2) is 5.15 Å². The maximum atomic E-state index is 13.7. The minimum Gasteiger partial charge on any atom is -0.370 e. The lowest BCUT2D eigenvalue weighted by atomic mass is 10.0. The highest BCUT2D eigenvalue weighted by Crippen LogP contribution is 2.28. The lowest BCUT2D eigenvalue weighted by Crippen LogP contribution is -2.41. The average Bonchev–Trinajstić information content (AvgIpc) is 3.47. The van der Waals surface area contributed by atoms with Crippen molar-refractivity contribution in [3.05, 3.63) is 117 Å². The summed E-state index contributed by atoms with van der Waals surface area (Å²) in [6, 6.07) is 21.9. The van der Waals surface area contributed by atoms with Crippen molar-refractivity contribution in [2.75, 3.05) is 30.0 Å². The zero-order valence-corrected chi connectivity index (χ0v) is 24.7. The maximum Gasteiger partial charge on any atom is 0.254 e. The highest BCUT2D eigenvalue weighted by atomic mass is 35.5. The van der Waals surface area contributed by atoms with Crippen LogP contribution in [0.1, 0.15) is 11.6 Å². The SMILES string of the molecule is O=C(Nc1ccc(N2CCOCC2=O)cc1)C(Cc1ccccc1)n1cnc(-c2cc(Cl)ccc2-n2cc(Cl)nn2)cc1=O. The number of aromatic nitrogens is 5. The first-order valence-corrected chi connectivity index (χ1v) is 14.4. The van der Waals surface area contributed by atoms with Crippen LogP contribution in [0.25, 0.3) is 16.9 Å². The molecule has 1 atom stereocenters. The molecule has 222 valence electrons. The molecule has 1 fully saturated rings. The molecule has 1 aliphatic heterocycles. The van der Waals surface area contributed by atoms with E-state index >= 15 is 0 Å². The summed E-state index contributed by atoms with van der Waals surface area (Å²) in [4.78, 5) is 45.7. The Hall–Kier alpha value is -4.84. The second kappa shape index (κ2) is 12.8. The number of hydrogen-bond acceptors (Lipinski definition) is 7. The van der Waals surface area contributed by atoms with Crippen LogP contribution >= 0.6 is 23.2 Å². The summed E-state index contributed by atoms with van der Waals surface area (Å²) >= 11 is 12.3. The molecule has 2 aromatic heterocycles. The molecule has 2 amide bonds. The van der Waals surface area contributed by atoms with Crippen molar-refractivity contribution in [1.82, 2.24) is 24.5 Å². The second-order valence-electron chi connectivity index (χ2n) is 10.0. The first kappa shape index (κ1) is 29.2. The number of rotatable bonds is 8. The molecule has 1 N–H and O–H groups in total. The lowest BCUT2D eigenvalue weighted by Gasteiger charge is -2.27. The number of carbonyl (C=O) groups excluding carboxylic acids is 2. The van der Waals surface area contributed by atoms with Gasteiger partial charge in [0, 0.05) is 41.0 Å². The largest absolute Gasteiger partial charge is 0.370 e. The zero-order chi connectivity index (χ0) is 30.6. The lowest BCUT2D eigenvalue weighted by molar-refractivity contribution is -0.125. The minimum atomic E-state index is -0.917. The van der Waals surface area contributed by atoms with Crippen molar-refractivity contribution < 1.29 is 14.3 Å². The number of halogens is 2. The fourth-order valence-electron chi connectivity index (χ4n) is 4.96. The van der Waals surface area contributed by atoms with Crippen LogP contribution in [-0.2, 0) is 20.7 Å². The molecule has 0 saturated carbocycles. The summed E-state index contributed by atoms with van der Waals surface area (Å²) in [5.41, 5.74) is 3.10. The number of nitrogens with one attached hydrogen (secondary N) is 1. The maximum absolute atomic E-state index is 13.7. The molecule has 3 aromatic carbocycles. The summed E-state index contributed by atoms with van der Waals surface area (Å²) < 4.78 is 7.98. The van der Waals surface area contributed by atoms with Crippen molar-refractivity contribution in [2.24, 2.45) is 0 Å². The van der Waals surface area contributed by atoms with E-state index in [0.717, 1.165) is 5.56 Å². The van der Waals surface area contributed by atoms with E-state index in [4.69, 9.17) is 27.9 Å². The molecule has 1 aliphatic rings. The molecular formula is C31H25Cl2N7O4. The Kier molecular flexibility index (Phi) is 8.51. The molecule has 1 unspecified atom stereocenters. The van der Waals surface area contributed by atoms with Gasteiger partial charge in [0.2, 0.25) is 5.91 Å². The summed E-state index contributed by atoms with van der Waals surface area (Å²) in [5.74, 6) is -0.525. The zero-order valence-electron chi connectivity index (χ0n) is 23.1. The molecule has 0 spiro atoms. The quantitative estimate of drug-likeness (QED) is 0.266. The number of amides is 2. The Morgan fingerprint density at radius 2 is 1.80 bits per heavy atom. The van der Waals surface area contributed by atoms with E-state index in [2.05, 4.69) is 20.6 Å². The fraction of sp³-hybridized carbons (Fsp3) is 0.161. The molecule has 44 heavy (non-hydrogen) atoms. The van der Waals surface area contributed by atoms with E-state index in [9.17, 15) is 14.4 Å². The topological polar surface area (TPSA) is 124 Å². The van der Waals surface area contributed by atoms with Gasteiger partial charge in [-0.25, -0.2) is 9.67 Å². The van der Waals surface area contributed by atoms with Crippen LogP contribution in [0.5, 0.6) is 0 Å². The Morgan fingerprint density at radius 1 is 1.00 bits per heavy atom.